The molecule has 0 amide bonds. The molecule has 1 aliphatic heterocycles. The molecule has 130 valence electrons. The van der Waals surface area contributed by atoms with Gasteiger partial charge in [-0.3, -0.25) is 4.99 Å². The highest BCUT2D eigenvalue weighted by molar-refractivity contribution is 14.0. The van der Waals surface area contributed by atoms with Crippen molar-refractivity contribution in [1.29, 1.82) is 0 Å². The maximum Gasteiger partial charge on any atom is 0.191 e. The SMILES string of the molecule is CN=C(NC1CCS(=O)(=O)C1)NC1CC(C)(OC)C1(C)C.I. The van der Waals surface area contributed by atoms with Gasteiger partial charge in [-0.05, 0) is 19.8 Å². The monoisotopic (exact) mass is 445 g/mol. The minimum atomic E-state index is -2.88. The van der Waals surface area contributed by atoms with Crippen LogP contribution < -0.4 is 10.6 Å². The third kappa shape index (κ3) is 3.69. The van der Waals surface area contributed by atoms with E-state index >= 15 is 0 Å². The molecule has 22 heavy (non-hydrogen) atoms. The summed E-state index contributed by atoms with van der Waals surface area (Å²) in [4.78, 5) is 4.22. The minimum absolute atomic E-state index is 0. The van der Waals surface area contributed by atoms with Crippen molar-refractivity contribution in [2.75, 3.05) is 25.7 Å². The quantitative estimate of drug-likeness (QED) is 0.387. The molecule has 8 heteroatoms. The van der Waals surface area contributed by atoms with Gasteiger partial charge in [0.2, 0.25) is 0 Å². The van der Waals surface area contributed by atoms with Crippen molar-refractivity contribution in [2.45, 2.75) is 51.3 Å². The van der Waals surface area contributed by atoms with E-state index in [0.717, 1.165) is 6.42 Å². The summed E-state index contributed by atoms with van der Waals surface area (Å²) in [7, 11) is 0.573. The number of halogens is 1. The van der Waals surface area contributed by atoms with Gasteiger partial charge in [0.1, 0.15) is 0 Å². The predicted octanol–water partition coefficient (Wildman–Crippen LogP) is 1.16. The Balaban J connectivity index is 0.00000242. The fourth-order valence-electron chi connectivity index (χ4n) is 3.16. The van der Waals surface area contributed by atoms with Crippen LogP contribution in [-0.2, 0) is 14.6 Å². The lowest BCUT2D eigenvalue weighted by Gasteiger charge is -2.59. The number of guanidine groups is 1. The molecule has 3 atom stereocenters. The first-order chi connectivity index (χ1) is 9.63. The number of methoxy groups -OCH3 is 1. The first kappa shape index (κ1) is 20.0. The van der Waals surface area contributed by atoms with E-state index in [4.69, 9.17) is 4.74 Å². The summed E-state index contributed by atoms with van der Waals surface area (Å²) in [5.41, 5.74) is -0.151. The van der Waals surface area contributed by atoms with Gasteiger partial charge in [0.15, 0.2) is 15.8 Å². The summed E-state index contributed by atoms with van der Waals surface area (Å²) >= 11 is 0. The second-order valence-corrected chi connectivity index (χ2v) is 9.10. The fraction of sp³-hybridized carbons (Fsp3) is 0.929. The van der Waals surface area contributed by atoms with Crippen LogP contribution in [0.4, 0.5) is 0 Å². The van der Waals surface area contributed by atoms with E-state index in [0.29, 0.717) is 12.4 Å². The van der Waals surface area contributed by atoms with Crippen LogP contribution in [0.2, 0.25) is 0 Å². The van der Waals surface area contributed by atoms with E-state index in [9.17, 15) is 8.42 Å². The van der Waals surface area contributed by atoms with Crippen molar-refractivity contribution in [2.24, 2.45) is 10.4 Å². The van der Waals surface area contributed by atoms with Crippen LogP contribution >= 0.6 is 24.0 Å². The highest BCUT2D eigenvalue weighted by Crippen LogP contribution is 2.51. The molecule has 2 N–H and O–H groups in total. The molecule has 0 aromatic carbocycles. The molecule has 2 fully saturated rings. The first-order valence-electron chi connectivity index (χ1n) is 7.39. The number of nitrogens with one attached hydrogen (secondary N) is 2. The molecule has 0 aromatic heterocycles. The molecular weight excluding hydrogens is 417 g/mol. The smallest absolute Gasteiger partial charge is 0.191 e. The molecule has 2 aliphatic rings. The molecule has 6 nitrogen and oxygen atoms in total. The summed E-state index contributed by atoms with van der Waals surface area (Å²) in [5.74, 6) is 1.13. The lowest BCUT2D eigenvalue weighted by atomic mass is 9.56. The molecule has 1 saturated carbocycles. The van der Waals surface area contributed by atoms with Crippen molar-refractivity contribution in [3.63, 3.8) is 0 Å². The zero-order chi connectivity index (χ0) is 15.9. The van der Waals surface area contributed by atoms with Crippen molar-refractivity contribution in [3.8, 4) is 0 Å². The molecule has 3 unspecified atom stereocenters. The molecule has 0 spiro atoms. The van der Waals surface area contributed by atoms with Gasteiger partial charge in [-0.15, -0.1) is 24.0 Å². The van der Waals surface area contributed by atoms with Crippen LogP contribution in [0.1, 0.15) is 33.6 Å². The molecule has 1 saturated heterocycles. The van der Waals surface area contributed by atoms with Crippen LogP contribution in [-0.4, -0.2) is 57.7 Å². The van der Waals surface area contributed by atoms with E-state index in [-0.39, 0.29) is 58.6 Å². The third-order valence-electron chi connectivity index (χ3n) is 5.39. The average molecular weight is 445 g/mol. The minimum Gasteiger partial charge on any atom is -0.378 e. The number of aliphatic imine (C=N–C) groups is 1. The highest BCUT2D eigenvalue weighted by Gasteiger charge is 2.58. The van der Waals surface area contributed by atoms with Crippen LogP contribution in [0.15, 0.2) is 4.99 Å². The van der Waals surface area contributed by atoms with E-state index in [1.807, 2.05) is 0 Å². The first-order valence-corrected chi connectivity index (χ1v) is 9.21. The molecule has 0 radical (unpaired) electrons. The number of hydrogen-bond acceptors (Lipinski definition) is 4. The zero-order valence-corrected chi connectivity index (χ0v) is 17.1. The van der Waals surface area contributed by atoms with Gasteiger partial charge in [0.25, 0.3) is 0 Å². The van der Waals surface area contributed by atoms with E-state index in [1.54, 1.807) is 14.2 Å². The van der Waals surface area contributed by atoms with Crippen molar-refractivity contribution < 1.29 is 13.2 Å². The summed E-state index contributed by atoms with van der Waals surface area (Å²) in [5, 5.41) is 6.62. The predicted molar refractivity (Wildman–Crippen MR) is 99.7 cm³/mol. The highest BCUT2D eigenvalue weighted by atomic mass is 127. The summed E-state index contributed by atoms with van der Waals surface area (Å²) in [6.07, 6.45) is 1.55. The van der Waals surface area contributed by atoms with Gasteiger partial charge in [0.05, 0.1) is 17.1 Å². The molecular formula is C14H28IN3O3S. The van der Waals surface area contributed by atoms with Crippen LogP contribution in [0.25, 0.3) is 0 Å². The topological polar surface area (TPSA) is 79.8 Å². The summed E-state index contributed by atoms with van der Waals surface area (Å²) in [6, 6.07) is 0.213. The molecule has 1 heterocycles. The second kappa shape index (κ2) is 6.80. The van der Waals surface area contributed by atoms with Crippen LogP contribution in [0, 0.1) is 5.41 Å². The lowest BCUT2D eigenvalue weighted by Crippen LogP contribution is -2.69. The zero-order valence-electron chi connectivity index (χ0n) is 14.0. The fourth-order valence-corrected chi connectivity index (χ4v) is 4.83. The van der Waals surface area contributed by atoms with Gasteiger partial charge in [-0.25, -0.2) is 8.42 Å². The van der Waals surface area contributed by atoms with Crippen molar-refractivity contribution in [3.05, 3.63) is 0 Å². The van der Waals surface area contributed by atoms with Crippen molar-refractivity contribution >= 4 is 39.8 Å². The average Bonchev–Trinajstić information content (AvgIpc) is 2.75. The standard InChI is InChI=1S/C14H27N3O3S.HI/c1-13(2)11(8-14(13,3)20-5)17-12(15-4)16-10-6-7-21(18,19)9-10;/h10-11H,6-9H2,1-5H3,(H2,15,16,17);1H. The Bertz CT molecular complexity index is 535. The number of ether oxygens (including phenoxy) is 1. The van der Waals surface area contributed by atoms with Gasteiger partial charge in [-0.2, -0.15) is 0 Å². The Hall–Kier alpha value is -0.0900. The van der Waals surface area contributed by atoms with E-state index in [2.05, 4.69) is 36.4 Å². The summed E-state index contributed by atoms with van der Waals surface area (Å²) in [6.45, 7) is 6.46. The number of hydrogen-bond donors (Lipinski definition) is 2. The van der Waals surface area contributed by atoms with Gasteiger partial charge in [-0.1, -0.05) is 13.8 Å². The Morgan fingerprint density at radius 1 is 1.27 bits per heavy atom. The molecule has 0 bridgehead atoms. The van der Waals surface area contributed by atoms with E-state index in [1.165, 1.54) is 0 Å². The molecule has 0 aromatic rings. The molecule has 2 rings (SSSR count). The Kier molecular flexibility index (Phi) is 6.17. The summed E-state index contributed by atoms with van der Waals surface area (Å²) < 4.78 is 28.6. The lowest BCUT2D eigenvalue weighted by molar-refractivity contribution is -0.176. The van der Waals surface area contributed by atoms with Crippen LogP contribution in [0.3, 0.4) is 0 Å². The maximum absolute atomic E-state index is 11.5. The Morgan fingerprint density at radius 2 is 1.91 bits per heavy atom. The van der Waals surface area contributed by atoms with Crippen molar-refractivity contribution in [1.82, 2.24) is 10.6 Å². The largest absolute Gasteiger partial charge is 0.378 e. The third-order valence-corrected chi connectivity index (χ3v) is 7.15. The van der Waals surface area contributed by atoms with Gasteiger partial charge in [0, 0.05) is 31.7 Å². The number of sulfone groups is 1. The normalized spacial score (nSPS) is 36.1. The Morgan fingerprint density at radius 3 is 2.32 bits per heavy atom. The number of nitrogens with zero attached hydrogens (tertiary/aromatic N) is 1. The van der Waals surface area contributed by atoms with E-state index < -0.39 is 9.84 Å². The number of rotatable bonds is 3. The molecule has 1 aliphatic carbocycles. The van der Waals surface area contributed by atoms with Gasteiger partial charge < -0.3 is 15.4 Å². The maximum atomic E-state index is 11.5. The van der Waals surface area contributed by atoms with Crippen LogP contribution in [0.5, 0.6) is 0 Å². The van der Waals surface area contributed by atoms with Gasteiger partial charge >= 0.3 is 0 Å². The second-order valence-electron chi connectivity index (χ2n) is 6.87. The Labute approximate surface area is 150 Å².